The van der Waals surface area contributed by atoms with Gasteiger partial charge in [0.1, 0.15) is 10.9 Å². The fourth-order valence-electron chi connectivity index (χ4n) is 4.71. The Balaban J connectivity index is 1.37. The fraction of sp³-hybridized carbons (Fsp3) is 0.550. The van der Waals surface area contributed by atoms with Crippen LogP contribution < -0.4 is 5.32 Å². The average Bonchev–Trinajstić information content (AvgIpc) is 3.22. The first-order valence-electron chi connectivity index (χ1n) is 9.25. The Hall–Kier alpha value is -1.62. The molecular weight excluding hydrogens is 330 g/mol. The van der Waals surface area contributed by atoms with Crippen LogP contribution in [0.3, 0.4) is 0 Å². The number of thioether (sulfide) groups is 1. The Kier molecular flexibility index (Phi) is 4.67. The van der Waals surface area contributed by atoms with E-state index in [1.807, 2.05) is 31.2 Å². The molecule has 4 rings (SSSR count). The van der Waals surface area contributed by atoms with Crippen molar-refractivity contribution in [2.45, 2.75) is 50.6 Å². The highest BCUT2D eigenvalue weighted by Crippen LogP contribution is 2.49. The molecule has 2 fully saturated rings. The van der Waals surface area contributed by atoms with Crippen molar-refractivity contribution in [2.75, 3.05) is 5.75 Å². The van der Waals surface area contributed by atoms with Gasteiger partial charge in [0.05, 0.1) is 11.3 Å². The molecule has 1 aromatic carbocycles. The van der Waals surface area contributed by atoms with Crippen molar-refractivity contribution >= 4 is 28.6 Å². The summed E-state index contributed by atoms with van der Waals surface area (Å²) in [6.45, 7) is 4.08. The third-order valence-electron chi connectivity index (χ3n) is 5.84. The van der Waals surface area contributed by atoms with Crippen molar-refractivity contribution in [2.24, 2.45) is 17.8 Å². The van der Waals surface area contributed by atoms with E-state index in [1.54, 1.807) is 0 Å². The molecule has 2 aliphatic carbocycles. The van der Waals surface area contributed by atoms with Gasteiger partial charge in [0.15, 0.2) is 0 Å². The molecule has 25 heavy (non-hydrogen) atoms. The van der Waals surface area contributed by atoms with Gasteiger partial charge in [0.2, 0.25) is 5.91 Å². The van der Waals surface area contributed by atoms with Crippen molar-refractivity contribution < 1.29 is 4.79 Å². The first-order chi connectivity index (χ1) is 12.1. The number of carbonyl (C=O) groups is 1. The molecule has 2 aromatic rings. The fourth-order valence-corrected chi connectivity index (χ4v) is 5.59. The lowest BCUT2D eigenvalue weighted by Crippen LogP contribution is -2.40. The van der Waals surface area contributed by atoms with Gasteiger partial charge in [0.25, 0.3) is 0 Å². The van der Waals surface area contributed by atoms with Gasteiger partial charge in [-0.15, -0.1) is 0 Å². The Morgan fingerprint density at radius 3 is 2.88 bits per heavy atom. The normalized spacial score (nSPS) is 26.1. The van der Waals surface area contributed by atoms with E-state index < -0.39 is 0 Å². The number of aromatic nitrogens is 2. The molecule has 4 unspecified atom stereocenters. The molecule has 0 radical (unpaired) electrons. The molecule has 5 heteroatoms. The standard InChI is InChI=1S/C20H25N3OS/c1-12(17-10-14-7-8-15(17)9-14)21-19(24)11-25-20-16-5-3-4-6-18(16)22-13(2)23-20/h3-6,12,14-15,17H,7-11H2,1-2H3,(H,21,24). The van der Waals surface area contributed by atoms with Gasteiger partial charge < -0.3 is 5.32 Å². The largest absolute Gasteiger partial charge is 0.353 e. The van der Waals surface area contributed by atoms with E-state index in [2.05, 4.69) is 22.2 Å². The highest BCUT2D eigenvalue weighted by molar-refractivity contribution is 8.00. The van der Waals surface area contributed by atoms with E-state index in [0.29, 0.717) is 11.7 Å². The number of hydrogen-bond acceptors (Lipinski definition) is 4. The molecule has 4 nitrogen and oxygen atoms in total. The number of benzene rings is 1. The predicted molar refractivity (Wildman–Crippen MR) is 102 cm³/mol. The molecule has 0 spiro atoms. The van der Waals surface area contributed by atoms with Gasteiger partial charge in [-0.3, -0.25) is 4.79 Å². The summed E-state index contributed by atoms with van der Waals surface area (Å²) in [6.07, 6.45) is 5.44. The number of fused-ring (bicyclic) bond motifs is 3. The first kappa shape index (κ1) is 16.8. The van der Waals surface area contributed by atoms with Crippen molar-refractivity contribution in [1.82, 2.24) is 15.3 Å². The Bertz CT molecular complexity index is 794. The number of nitrogens with zero attached hydrogens (tertiary/aromatic N) is 2. The molecule has 2 bridgehead atoms. The lowest BCUT2D eigenvalue weighted by Gasteiger charge is -2.28. The van der Waals surface area contributed by atoms with Crippen LogP contribution in [0.4, 0.5) is 0 Å². The summed E-state index contributed by atoms with van der Waals surface area (Å²) in [5.74, 6) is 3.69. The van der Waals surface area contributed by atoms with E-state index in [4.69, 9.17) is 0 Å². The van der Waals surface area contributed by atoms with Gasteiger partial charge in [-0.2, -0.15) is 0 Å². The van der Waals surface area contributed by atoms with E-state index in [9.17, 15) is 4.79 Å². The highest BCUT2D eigenvalue weighted by Gasteiger charge is 2.42. The van der Waals surface area contributed by atoms with E-state index >= 15 is 0 Å². The lowest BCUT2D eigenvalue weighted by molar-refractivity contribution is -0.119. The Morgan fingerprint density at radius 2 is 2.12 bits per heavy atom. The van der Waals surface area contributed by atoms with Gasteiger partial charge >= 0.3 is 0 Å². The smallest absolute Gasteiger partial charge is 0.230 e. The molecular formula is C20H25N3OS. The monoisotopic (exact) mass is 355 g/mol. The summed E-state index contributed by atoms with van der Waals surface area (Å²) in [4.78, 5) is 21.4. The second-order valence-corrected chi connectivity index (χ2v) is 8.54. The third kappa shape index (κ3) is 3.52. The number of rotatable bonds is 5. The zero-order chi connectivity index (χ0) is 17.4. The van der Waals surface area contributed by atoms with Gasteiger partial charge in [-0.05, 0) is 56.9 Å². The Morgan fingerprint density at radius 1 is 1.28 bits per heavy atom. The molecule has 2 aliphatic rings. The number of amides is 1. The minimum Gasteiger partial charge on any atom is -0.353 e. The van der Waals surface area contributed by atoms with E-state index in [0.717, 1.165) is 33.6 Å². The van der Waals surface area contributed by atoms with Crippen LogP contribution in [0.1, 0.15) is 38.4 Å². The Labute approximate surface area is 153 Å². The van der Waals surface area contributed by atoms with E-state index in [1.165, 1.54) is 37.4 Å². The van der Waals surface area contributed by atoms with Crippen molar-refractivity contribution in [1.29, 1.82) is 0 Å². The summed E-state index contributed by atoms with van der Waals surface area (Å²) in [7, 11) is 0. The second-order valence-electron chi connectivity index (χ2n) is 7.58. The van der Waals surface area contributed by atoms with Crippen LogP contribution in [0.2, 0.25) is 0 Å². The van der Waals surface area contributed by atoms with Gasteiger partial charge in [0, 0.05) is 11.4 Å². The topological polar surface area (TPSA) is 54.9 Å². The van der Waals surface area contributed by atoms with Crippen LogP contribution in [-0.4, -0.2) is 27.7 Å². The molecule has 1 amide bonds. The molecule has 1 aromatic heterocycles. The average molecular weight is 356 g/mol. The van der Waals surface area contributed by atoms with Crippen LogP contribution >= 0.6 is 11.8 Å². The quantitative estimate of drug-likeness (QED) is 0.651. The van der Waals surface area contributed by atoms with Crippen LogP contribution in [0.25, 0.3) is 10.9 Å². The van der Waals surface area contributed by atoms with Crippen molar-refractivity contribution in [3.05, 3.63) is 30.1 Å². The molecule has 2 saturated carbocycles. The maximum atomic E-state index is 12.4. The number of hydrogen-bond donors (Lipinski definition) is 1. The van der Waals surface area contributed by atoms with Crippen molar-refractivity contribution in [3.8, 4) is 0 Å². The number of nitrogens with one attached hydrogen (secondary N) is 1. The zero-order valence-corrected chi connectivity index (χ0v) is 15.7. The van der Waals surface area contributed by atoms with Crippen LogP contribution in [-0.2, 0) is 4.79 Å². The SMILES string of the molecule is Cc1nc(SCC(=O)NC(C)C2CC3CCC2C3)c2ccccc2n1. The van der Waals surface area contributed by atoms with Crippen LogP contribution in [0, 0.1) is 24.7 Å². The predicted octanol–water partition coefficient (Wildman–Crippen LogP) is 3.97. The zero-order valence-electron chi connectivity index (χ0n) is 14.9. The number of carbonyl (C=O) groups excluding carboxylic acids is 1. The molecule has 4 atom stereocenters. The summed E-state index contributed by atoms with van der Waals surface area (Å²) in [5.41, 5.74) is 0.938. The van der Waals surface area contributed by atoms with E-state index in [-0.39, 0.29) is 11.9 Å². The molecule has 0 aliphatic heterocycles. The summed E-state index contributed by atoms with van der Waals surface area (Å²) in [6, 6.07) is 8.26. The van der Waals surface area contributed by atoms with Gasteiger partial charge in [-0.25, -0.2) is 9.97 Å². The highest BCUT2D eigenvalue weighted by atomic mass is 32.2. The van der Waals surface area contributed by atoms with Crippen molar-refractivity contribution in [3.63, 3.8) is 0 Å². The maximum absolute atomic E-state index is 12.4. The summed E-state index contributed by atoms with van der Waals surface area (Å²) >= 11 is 1.51. The van der Waals surface area contributed by atoms with Gasteiger partial charge in [-0.1, -0.05) is 36.4 Å². The second kappa shape index (κ2) is 6.94. The number of para-hydroxylation sites is 1. The number of aryl methyl sites for hydroxylation is 1. The minimum absolute atomic E-state index is 0.112. The summed E-state index contributed by atoms with van der Waals surface area (Å²) in [5, 5.41) is 5.15. The van der Waals surface area contributed by atoms with Crippen LogP contribution in [0.5, 0.6) is 0 Å². The maximum Gasteiger partial charge on any atom is 0.230 e. The molecule has 0 saturated heterocycles. The third-order valence-corrected chi connectivity index (χ3v) is 6.83. The minimum atomic E-state index is 0.112. The summed E-state index contributed by atoms with van der Waals surface area (Å²) < 4.78 is 0. The van der Waals surface area contributed by atoms with Crippen LogP contribution in [0.15, 0.2) is 29.3 Å². The molecule has 1 heterocycles. The lowest BCUT2D eigenvalue weighted by atomic mass is 9.84. The molecule has 132 valence electrons. The first-order valence-corrected chi connectivity index (χ1v) is 10.2. The molecule has 1 N–H and O–H groups in total.